The normalized spacial score (nSPS) is 12.1. The fraction of sp³-hybridized carbons (Fsp3) is 0.750. The maximum Gasteiger partial charge on any atom is 0.328 e. The molecule has 0 bridgehead atoms. The molecule has 0 rings (SSSR count). The number of ether oxygens (including phenoxy) is 1. The van der Waals surface area contributed by atoms with E-state index >= 15 is 0 Å². The minimum absolute atomic E-state index is 0.138. The van der Waals surface area contributed by atoms with Crippen LogP contribution in [0.15, 0.2) is 0 Å². The number of nitrogens with one attached hydrogen (secondary N) is 2. The average molecular weight is 204 g/mol. The molecule has 76 valence electrons. The summed E-state index contributed by atoms with van der Waals surface area (Å²) in [5.74, 6) is -0.161. The lowest BCUT2D eigenvalue weighted by Crippen LogP contribution is -2.48. The number of hydrogen-bond donors (Lipinski definition) is 2. The van der Waals surface area contributed by atoms with E-state index in [-0.39, 0.29) is 17.9 Å². The molecule has 2 N–H and O–H groups in total. The molecule has 0 aliphatic carbocycles. The van der Waals surface area contributed by atoms with Gasteiger partial charge in [-0.25, -0.2) is 4.79 Å². The molecule has 13 heavy (non-hydrogen) atoms. The first-order valence-corrected chi connectivity index (χ1v) is 4.49. The zero-order chi connectivity index (χ0) is 10.4. The van der Waals surface area contributed by atoms with Crippen LogP contribution in [0.5, 0.6) is 0 Å². The molecule has 0 aliphatic heterocycles. The molecule has 4 nitrogen and oxygen atoms in total. The summed E-state index contributed by atoms with van der Waals surface area (Å²) < 4.78 is 4.63. The molecule has 0 aromatic heterocycles. The SMILES string of the molecule is CNC(=S)NC(C(=O)OC)C(C)C. The van der Waals surface area contributed by atoms with E-state index in [1.165, 1.54) is 7.11 Å². The van der Waals surface area contributed by atoms with Gasteiger partial charge in [0.05, 0.1) is 7.11 Å². The third kappa shape index (κ3) is 4.07. The van der Waals surface area contributed by atoms with Crippen LogP contribution < -0.4 is 10.6 Å². The Labute approximate surface area is 84.0 Å². The smallest absolute Gasteiger partial charge is 0.328 e. The van der Waals surface area contributed by atoms with Crippen molar-refractivity contribution >= 4 is 23.3 Å². The Hall–Kier alpha value is -0.840. The lowest BCUT2D eigenvalue weighted by atomic mass is 10.1. The van der Waals surface area contributed by atoms with E-state index in [0.29, 0.717) is 5.11 Å². The van der Waals surface area contributed by atoms with Gasteiger partial charge in [0.1, 0.15) is 6.04 Å². The van der Waals surface area contributed by atoms with Gasteiger partial charge in [-0.1, -0.05) is 13.8 Å². The van der Waals surface area contributed by atoms with Crippen molar-refractivity contribution in [1.29, 1.82) is 0 Å². The Bertz CT molecular complexity index is 195. The molecule has 0 aromatic rings. The van der Waals surface area contributed by atoms with Crippen molar-refractivity contribution in [3.8, 4) is 0 Å². The van der Waals surface area contributed by atoms with Crippen molar-refractivity contribution in [2.24, 2.45) is 5.92 Å². The maximum absolute atomic E-state index is 11.2. The quantitative estimate of drug-likeness (QED) is 0.511. The molecule has 0 amide bonds. The molecule has 0 aromatic carbocycles. The third-order valence-corrected chi connectivity index (χ3v) is 1.96. The number of hydrogen-bond acceptors (Lipinski definition) is 3. The highest BCUT2D eigenvalue weighted by Crippen LogP contribution is 2.02. The summed E-state index contributed by atoms with van der Waals surface area (Å²) >= 11 is 4.89. The van der Waals surface area contributed by atoms with Crippen molar-refractivity contribution in [2.75, 3.05) is 14.2 Å². The summed E-state index contributed by atoms with van der Waals surface area (Å²) in [6.07, 6.45) is 0. The first kappa shape index (κ1) is 12.2. The number of carbonyl (C=O) groups excluding carboxylic acids is 1. The predicted molar refractivity (Wildman–Crippen MR) is 55.4 cm³/mol. The molecule has 1 unspecified atom stereocenters. The second-order valence-electron chi connectivity index (χ2n) is 2.97. The fourth-order valence-corrected chi connectivity index (χ4v) is 0.965. The number of thiocarbonyl (C=S) groups is 1. The van der Waals surface area contributed by atoms with Crippen LogP contribution in [0.4, 0.5) is 0 Å². The first-order valence-electron chi connectivity index (χ1n) is 4.09. The molecule has 0 heterocycles. The molecule has 0 saturated heterocycles. The van der Waals surface area contributed by atoms with Crippen molar-refractivity contribution in [1.82, 2.24) is 10.6 Å². The summed E-state index contributed by atoms with van der Waals surface area (Å²) in [7, 11) is 3.06. The third-order valence-electron chi connectivity index (χ3n) is 1.64. The summed E-state index contributed by atoms with van der Waals surface area (Å²) in [4.78, 5) is 11.2. The van der Waals surface area contributed by atoms with E-state index in [2.05, 4.69) is 15.4 Å². The Balaban J connectivity index is 4.26. The maximum atomic E-state index is 11.2. The van der Waals surface area contributed by atoms with E-state index < -0.39 is 0 Å². The molecule has 0 radical (unpaired) electrons. The standard InChI is InChI=1S/C8H16N2O2S/c1-5(2)6(7(11)12-4)10-8(13)9-3/h5-6H,1-4H3,(H2,9,10,13). The Kier molecular flexibility index (Phi) is 5.37. The van der Waals surface area contributed by atoms with Crippen molar-refractivity contribution < 1.29 is 9.53 Å². The lowest BCUT2D eigenvalue weighted by molar-refractivity contribution is -0.143. The Morgan fingerprint density at radius 1 is 1.46 bits per heavy atom. The van der Waals surface area contributed by atoms with Gasteiger partial charge in [-0.3, -0.25) is 0 Å². The Morgan fingerprint density at radius 2 is 2.00 bits per heavy atom. The monoisotopic (exact) mass is 204 g/mol. The minimum atomic E-state index is -0.384. The summed E-state index contributed by atoms with van der Waals surface area (Å²) in [6, 6.07) is -0.384. The molecule has 5 heteroatoms. The Morgan fingerprint density at radius 3 is 2.31 bits per heavy atom. The van der Waals surface area contributed by atoms with Crippen molar-refractivity contribution in [3.63, 3.8) is 0 Å². The van der Waals surface area contributed by atoms with Gasteiger partial charge >= 0.3 is 5.97 Å². The molecule has 0 aliphatic rings. The van der Waals surface area contributed by atoms with Crippen LogP contribution in [-0.2, 0) is 9.53 Å². The van der Waals surface area contributed by atoms with Crippen LogP contribution in [0.1, 0.15) is 13.8 Å². The predicted octanol–water partition coefficient (Wildman–Crippen LogP) is 0.278. The van der Waals surface area contributed by atoms with Crippen LogP contribution in [0.3, 0.4) is 0 Å². The van der Waals surface area contributed by atoms with Crippen LogP contribution >= 0.6 is 12.2 Å². The highest BCUT2D eigenvalue weighted by molar-refractivity contribution is 7.80. The van der Waals surface area contributed by atoms with Gasteiger partial charge in [-0.15, -0.1) is 0 Å². The molecular weight excluding hydrogens is 188 g/mol. The van der Waals surface area contributed by atoms with Gasteiger partial charge < -0.3 is 15.4 Å². The fourth-order valence-electron chi connectivity index (χ4n) is 0.838. The lowest BCUT2D eigenvalue weighted by Gasteiger charge is -2.20. The number of carbonyl (C=O) groups is 1. The van der Waals surface area contributed by atoms with Gasteiger partial charge in [0.15, 0.2) is 5.11 Å². The van der Waals surface area contributed by atoms with E-state index in [4.69, 9.17) is 12.2 Å². The van der Waals surface area contributed by atoms with Crippen molar-refractivity contribution in [2.45, 2.75) is 19.9 Å². The largest absolute Gasteiger partial charge is 0.467 e. The van der Waals surface area contributed by atoms with Gasteiger partial charge in [0.2, 0.25) is 0 Å². The second-order valence-corrected chi connectivity index (χ2v) is 3.38. The highest BCUT2D eigenvalue weighted by atomic mass is 32.1. The zero-order valence-electron chi connectivity index (χ0n) is 8.38. The molecule has 0 saturated carbocycles. The van der Waals surface area contributed by atoms with Gasteiger partial charge in [-0.05, 0) is 18.1 Å². The number of rotatable bonds is 3. The van der Waals surface area contributed by atoms with E-state index in [9.17, 15) is 4.79 Å². The highest BCUT2D eigenvalue weighted by Gasteiger charge is 2.22. The molecule has 1 atom stereocenters. The average Bonchev–Trinajstić information content (AvgIpc) is 2.11. The summed E-state index contributed by atoms with van der Waals surface area (Å²) in [5.41, 5.74) is 0. The molecular formula is C8H16N2O2S. The topological polar surface area (TPSA) is 50.4 Å². The molecule has 0 spiro atoms. The van der Waals surface area contributed by atoms with E-state index in [1.54, 1.807) is 7.05 Å². The van der Waals surface area contributed by atoms with Gasteiger partial charge in [0, 0.05) is 7.05 Å². The van der Waals surface area contributed by atoms with Gasteiger partial charge in [-0.2, -0.15) is 0 Å². The first-order chi connectivity index (χ1) is 6.02. The summed E-state index contributed by atoms with van der Waals surface area (Å²) in [6.45, 7) is 3.85. The number of esters is 1. The van der Waals surface area contributed by atoms with Gasteiger partial charge in [0.25, 0.3) is 0 Å². The number of methoxy groups -OCH3 is 1. The second kappa shape index (κ2) is 5.75. The summed E-state index contributed by atoms with van der Waals surface area (Å²) in [5, 5.41) is 6.05. The van der Waals surface area contributed by atoms with Crippen LogP contribution in [-0.4, -0.2) is 31.3 Å². The molecule has 0 fully saturated rings. The zero-order valence-corrected chi connectivity index (χ0v) is 9.20. The van der Waals surface area contributed by atoms with Crippen LogP contribution in [0.25, 0.3) is 0 Å². The van der Waals surface area contributed by atoms with Crippen LogP contribution in [0.2, 0.25) is 0 Å². The minimum Gasteiger partial charge on any atom is -0.467 e. The van der Waals surface area contributed by atoms with Crippen LogP contribution in [0, 0.1) is 5.92 Å². The van der Waals surface area contributed by atoms with Crippen molar-refractivity contribution in [3.05, 3.63) is 0 Å². The van der Waals surface area contributed by atoms with E-state index in [1.807, 2.05) is 13.8 Å². The van der Waals surface area contributed by atoms with E-state index in [0.717, 1.165) is 0 Å².